The third kappa shape index (κ3) is 1.82. The first-order chi connectivity index (χ1) is 7.08. The molecule has 0 unspecified atom stereocenters. The number of hydrogen-bond donors (Lipinski definition) is 2. The number of rotatable bonds is 1. The summed E-state index contributed by atoms with van der Waals surface area (Å²) >= 11 is 0. The second-order valence-electron chi connectivity index (χ2n) is 5.25. The lowest BCUT2D eigenvalue weighted by atomic mass is 9.59. The fourth-order valence-electron chi connectivity index (χ4n) is 2.73. The molecule has 3 N–H and O–H groups in total. The predicted octanol–water partition coefficient (Wildman–Crippen LogP) is 2.05. The van der Waals surface area contributed by atoms with Gasteiger partial charge in [-0.3, -0.25) is 0 Å². The third-order valence-corrected chi connectivity index (χ3v) is 3.88. The average molecular weight is 241 g/mol. The van der Waals surface area contributed by atoms with Crippen molar-refractivity contribution < 1.29 is 22.7 Å². The van der Waals surface area contributed by atoms with E-state index in [-0.39, 0.29) is 12.8 Å². The molecule has 94 valence electrons. The van der Waals surface area contributed by atoms with E-state index in [1.54, 1.807) is 0 Å². The number of hydrogen-bond acceptors (Lipinski definition) is 2. The van der Waals surface area contributed by atoms with Crippen molar-refractivity contribution in [2.45, 2.75) is 61.5 Å². The summed E-state index contributed by atoms with van der Waals surface area (Å²) < 4.78 is 51.4. The Balaban J connectivity index is 2.05. The van der Waals surface area contributed by atoms with E-state index in [1.807, 2.05) is 0 Å². The van der Waals surface area contributed by atoms with Crippen molar-refractivity contribution in [1.82, 2.24) is 0 Å². The van der Waals surface area contributed by atoms with Gasteiger partial charge < -0.3 is 10.8 Å². The molecule has 2 rings (SSSR count). The molecule has 0 saturated heterocycles. The van der Waals surface area contributed by atoms with Crippen LogP contribution in [-0.2, 0) is 0 Å². The first-order valence-electron chi connectivity index (χ1n) is 5.35. The van der Waals surface area contributed by atoms with Gasteiger partial charge in [0.05, 0.1) is 11.1 Å². The number of nitrogens with two attached hydrogens (primary N) is 1. The van der Waals surface area contributed by atoms with E-state index >= 15 is 0 Å². The molecule has 0 heterocycles. The van der Waals surface area contributed by atoms with Crippen LogP contribution >= 0.6 is 0 Å². The lowest BCUT2D eigenvalue weighted by Gasteiger charge is -2.56. The molecule has 0 radical (unpaired) electrons. The first kappa shape index (κ1) is 12.1. The molecule has 2 aliphatic rings. The zero-order chi connectivity index (χ0) is 12.2. The Kier molecular flexibility index (Phi) is 2.35. The molecule has 0 bridgehead atoms. The van der Waals surface area contributed by atoms with Crippen molar-refractivity contribution in [3.05, 3.63) is 0 Å². The van der Waals surface area contributed by atoms with Gasteiger partial charge in [0.15, 0.2) is 0 Å². The summed E-state index contributed by atoms with van der Waals surface area (Å²) in [5.41, 5.74) is 2.75. The fourth-order valence-corrected chi connectivity index (χ4v) is 2.73. The topological polar surface area (TPSA) is 46.2 Å². The van der Waals surface area contributed by atoms with Gasteiger partial charge in [-0.05, 0) is 12.8 Å². The van der Waals surface area contributed by atoms with Crippen LogP contribution in [0.1, 0.15) is 38.5 Å². The number of aliphatic hydroxyl groups is 1. The Morgan fingerprint density at radius 3 is 1.62 bits per heavy atom. The predicted molar refractivity (Wildman–Crippen MR) is 49.5 cm³/mol. The normalized spacial score (nSPS) is 34.1. The molecule has 6 heteroatoms. The summed E-state index contributed by atoms with van der Waals surface area (Å²) in [5.74, 6) is -5.65. The first-order valence-corrected chi connectivity index (χ1v) is 5.35. The molecule has 2 saturated carbocycles. The van der Waals surface area contributed by atoms with Crippen molar-refractivity contribution in [3.63, 3.8) is 0 Å². The maximum absolute atomic E-state index is 12.9. The van der Waals surface area contributed by atoms with Crippen molar-refractivity contribution >= 4 is 0 Å². The van der Waals surface area contributed by atoms with Crippen LogP contribution in [-0.4, -0.2) is 28.1 Å². The average Bonchev–Trinajstić information content (AvgIpc) is 2.07. The summed E-state index contributed by atoms with van der Waals surface area (Å²) in [6.07, 6.45) is -2.58. The molecule has 0 amide bonds. The second-order valence-corrected chi connectivity index (χ2v) is 5.25. The van der Waals surface area contributed by atoms with Crippen molar-refractivity contribution in [3.8, 4) is 0 Å². The molecule has 2 aliphatic carbocycles. The molecule has 0 spiro atoms. The van der Waals surface area contributed by atoms with Crippen LogP contribution in [0.15, 0.2) is 0 Å². The maximum atomic E-state index is 12.9. The van der Waals surface area contributed by atoms with E-state index in [1.165, 1.54) is 0 Å². The Hall–Kier alpha value is -0.360. The number of halogens is 4. The van der Waals surface area contributed by atoms with E-state index in [9.17, 15) is 22.7 Å². The standard InChI is InChI=1S/C10H15F4NO/c11-9(12)3-1-8(16,2-4-9)7(15)5-10(13,14)6-7/h16H,1-6,15H2. The highest BCUT2D eigenvalue weighted by atomic mass is 19.3. The Morgan fingerprint density at radius 2 is 1.25 bits per heavy atom. The van der Waals surface area contributed by atoms with E-state index in [0.717, 1.165) is 0 Å². The lowest BCUT2D eigenvalue weighted by molar-refractivity contribution is -0.214. The molecule has 0 aromatic carbocycles. The molecule has 0 aromatic heterocycles. The summed E-state index contributed by atoms with van der Waals surface area (Å²) in [7, 11) is 0. The van der Waals surface area contributed by atoms with Gasteiger partial charge >= 0.3 is 0 Å². The zero-order valence-corrected chi connectivity index (χ0v) is 8.78. The minimum absolute atomic E-state index is 0.202. The van der Waals surface area contributed by atoms with Crippen LogP contribution in [0.2, 0.25) is 0 Å². The summed E-state index contributed by atoms with van der Waals surface area (Å²) in [4.78, 5) is 0. The third-order valence-electron chi connectivity index (χ3n) is 3.88. The Morgan fingerprint density at radius 1 is 0.812 bits per heavy atom. The highest BCUT2D eigenvalue weighted by Crippen LogP contribution is 2.54. The summed E-state index contributed by atoms with van der Waals surface area (Å²) in [5, 5.41) is 10.1. The van der Waals surface area contributed by atoms with Crippen molar-refractivity contribution in [2.24, 2.45) is 5.73 Å². The largest absolute Gasteiger partial charge is 0.388 e. The van der Waals surface area contributed by atoms with Gasteiger partial charge in [-0.2, -0.15) is 0 Å². The molecule has 0 aromatic rings. The zero-order valence-electron chi connectivity index (χ0n) is 8.78. The fraction of sp³-hybridized carbons (Fsp3) is 1.00. The van der Waals surface area contributed by atoms with Crippen LogP contribution < -0.4 is 5.73 Å². The van der Waals surface area contributed by atoms with Gasteiger partial charge in [0.1, 0.15) is 0 Å². The SMILES string of the molecule is NC1(C2(O)CCC(F)(F)CC2)CC(F)(F)C1. The van der Waals surface area contributed by atoms with Crippen LogP contribution in [0.3, 0.4) is 0 Å². The smallest absolute Gasteiger partial charge is 0.251 e. The van der Waals surface area contributed by atoms with Crippen LogP contribution in [0.5, 0.6) is 0 Å². The molecule has 0 aliphatic heterocycles. The minimum Gasteiger partial charge on any atom is -0.388 e. The Bertz CT molecular complexity index is 287. The van der Waals surface area contributed by atoms with Gasteiger partial charge in [-0.1, -0.05) is 0 Å². The van der Waals surface area contributed by atoms with Gasteiger partial charge in [-0.15, -0.1) is 0 Å². The number of alkyl halides is 4. The van der Waals surface area contributed by atoms with Gasteiger partial charge in [0, 0.05) is 25.7 Å². The van der Waals surface area contributed by atoms with Crippen molar-refractivity contribution in [2.75, 3.05) is 0 Å². The minimum atomic E-state index is -2.86. The van der Waals surface area contributed by atoms with Crippen LogP contribution in [0.4, 0.5) is 17.6 Å². The van der Waals surface area contributed by atoms with Crippen LogP contribution in [0, 0.1) is 0 Å². The molecule has 0 atom stereocenters. The van der Waals surface area contributed by atoms with E-state index in [2.05, 4.69) is 0 Å². The van der Waals surface area contributed by atoms with Crippen LogP contribution in [0.25, 0.3) is 0 Å². The highest BCUT2D eigenvalue weighted by Gasteiger charge is 2.65. The van der Waals surface area contributed by atoms with E-state index in [4.69, 9.17) is 5.73 Å². The quantitative estimate of drug-likeness (QED) is 0.690. The monoisotopic (exact) mass is 241 g/mol. The lowest BCUT2D eigenvalue weighted by Crippen LogP contribution is -2.72. The molecular formula is C10H15F4NO. The van der Waals surface area contributed by atoms with Gasteiger partial charge in [-0.25, -0.2) is 17.6 Å². The molecule has 2 nitrogen and oxygen atoms in total. The highest BCUT2D eigenvalue weighted by molar-refractivity contribution is 5.16. The van der Waals surface area contributed by atoms with Gasteiger partial charge in [0.2, 0.25) is 5.92 Å². The van der Waals surface area contributed by atoms with E-state index < -0.39 is 48.7 Å². The maximum Gasteiger partial charge on any atom is 0.251 e. The van der Waals surface area contributed by atoms with Gasteiger partial charge in [0.25, 0.3) is 5.92 Å². The Labute approximate surface area is 90.8 Å². The molecular weight excluding hydrogens is 226 g/mol. The van der Waals surface area contributed by atoms with E-state index in [0.29, 0.717) is 0 Å². The van der Waals surface area contributed by atoms with Crippen molar-refractivity contribution in [1.29, 1.82) is 0 Å². The second kappa shape index (κ2) is 3.10. The molecule has 16 heavy (non-hydrogen) atoms. The summed E-state index contributed by atoms with van der Waals surface area (Å²) in [6, 6.07) is 0. The summed E-state index contributed by atoms with van der Waals surface area (Å²) in [6.45, 7) is 0. The molecule has 2 fully saturated rings.